The lowest BCUT2D eigenvalue weighted by atomic mass is 9.87. The zero-order valence-corrected chi connectivity index (χ0v) is 18.8. The SMILES string of the molecule is CCCCCCCCCCC(F)C(F)(F)C(F)(F)C(F)(F)C(F)(F)C(F)(F)C(F)(F)C(F)(F)C(O)(F)F. The van der Waals surface area contributed by atoms with E-state index >= 15 is 0 Å². The van der Waals surface area contributed by atoms with Gasteiger partial charge in [-0.05, 0) is 6.42 Å². The highest BCUT2D eigenvalue weighted by atomic mass is 19.4. The van der Waals surface area contributed by atoms with Crippen molar-refractivity contribution in [2.45, 2.75) is 118 Å². The van der Waals surface area contributed by atoms with Gasteiger partial charge < -0.3 is 5.11 Å². The summed E-state index contributed by atoms with van der Waals surface area (Å²) in [6, 6.07) is 0. The second-order valence-corrected chi connectivity index (χ2v) is 8.34. The quantitative estimate of drug-likeness (QED) is 0.133. The van der Waals surface area contributed by atoms with E-state index in [-0.39, 0.29) is 12.8 Å². The molecule has 224 valence electrons. The highest BCUT2D eigenvalue weighted by Gasteiger charge is 2.95. The summed E-state index contributed by atoms with van der Waals surface area (Å²) >= 11 is 0. The topological polar surface area (TPSA) is 20.2 Å². The minimum atomic E-state index is -8.62. The molecule has 1 atom stereocenters. The van der Waals surface area contributed by atoms with E-state index in [9.17, 15) is 74.6 Å². The van der Waals surface area contributed by atoms with Gasteiger partial charge in [0.2, 0.25) is 0 Å². The van der Waals surface area contributed by atoms with Gasteiger partial charge in [0.15, 0.2) is 6.17 Å². The van der Waals surface area contributed by atoms with Gasteiger partial charge in [-0.25, -0.2) is 4.39 Å². The first-order valence-electron chi connectivity index (χ1n) is 10.6. The molecule has 0 aliphatic rings. The largest absolute Gasteiger partial charge is 0.423 e. The van der Waals surface area contributed by atoms with E-state index in [2.05, 4.69) is 0 Å². The van der Waals surface area contributed by atoms with Crippen LogP contribution in [0.4, 0.5) is 74.6 Å². The minimum absolute atomic E-state index is 0.143. The summed E-state index contributed by atoms with van der Waals surface area (Å²) in [6.07, 6.45) is -10.5. The Hall–Kier alpha value is -1.23. The maximum Gasteiger partial charge on any atom is 0.423 e. The molecule has 1 unspecified atom stereocenters. The fraction of sp³-hybridized carbons (Fsp3) is 1.00. The number of unbranched alkanes of at least 4 members (excludes halogenated alkanes) is 7. The first kappa shape index (κ1) is 35.8. The number of hydrogen-bond acceptors (Lipinski definition) is 1. The van der Waals surface area contributed by atoms with E-state index in [1.165, 1.54) is 0 Å². The minimum Gasteiger partial charge on any atom is -0.331 e. The van der Waals surface area contributed by atoms with Crippen LogP contribution >= 0.6 is 0 Å². The summed E-state index contributed by atoms with van der Waals surface area (Å²) in [5.74, 6) is -57.0. The summed E-state index contributed by atoms with van der Waals surface area (Å²) < 4.78 is 227. The third-order valence-corrected chi connectivity index (χ3v) is 5.47. The molecule has 0 bridgehead atoms. The van der Waals surface area contributed by atoms with Gasteiger partial charge in [-0.15, -0.1) is 0 Å². The molecule has 0 aliphatic carbocycles. The second kappa shape index (κ2) is 11.5. The van der Waals surface area contributed by atoms with Crippen molar-refractivity contribution in [3.63, 3.8) is 0 Å². The molecule has 0 amide bonds. The Balaban J connectivity index is 5.90. The van der Waals surface area contributed by atoms with Crippen LogP contribution in [0.1, 0.15) is 64.7 Å². The Morgan fingerprint density at radius 1 is 0.459 bits per heavy atom. The van der Waals surface area contributed by atoms with Crippen LogP contribution in [0.2, 0.25) is 0 Å². The maximum absolute atomic E-state index is 13.8. The lowest BCUT2D eigenvalue weighted by Crippen LogP contribution is -2.75. The lowest BCUT2D eigenvalue weighted by molar-refractivity contribution is -0.470. The normalized spacial score (nSPS) is 16.3. The Labute approximate surface area is 199 Å². The third kappa shape index (κ3) is 6.17. The first-order chi connectivity index (χ1) is 16.2. The van der Waals surface area contributed by atoms with Crippen LogP contribution in [0.5, 0.6) is 0 Å². The summed E-state index contributed by atoms with van der Waals surface area (Å²) in [5.41, 5.74) is 0. The zero-order chi connectivity index (χ0) is 29.9. The molecular weight excluding hydrogens is 567 g/mol. The molecule has 1 N–H and O–H groups in total. The van der Waals surface area contributed by atoms with Gasteiger partial charge in [-0.2, -0.15) is 70.2 Å². The lowest BCUT2D eigenvalue weighted by Gasteiger charge is -2.43. The fourth-order valence-corrected chi connectivity index (χ4v) is 3.02. The van der Waals surface area contributed by atoms with E-state index in [0.717, 1.165) is 19.3 Å². The van der Waals surface area contributed by atoms with Crippen molar-refractivity contribution in [3.05, 3.63) is 0 Å². The highest BCUT2D eigenvalue weighted by Crippen LogP contribution is 2.64. The summed E-state index contributed by atoms with van der Waals surface area (Å²) in [7, 11) is 0. The molecule has 0 aliphatic heterocycles. The van der Waals surface area contributed by atoms with E-state index in [4.69, 9.17) is 5.11 Å². The number of rotatable bonds is 17. The molecular formula is C19H23F17O. The van der Waals surface area contributed by atoms with Gasteiger partial charge in [0.25, 0.3) is 0 Å². The Morgan fingerprint density at radius 2 is 0.757 bits per heavy atom. The van der Waals surface area contributed by atoms with E-state index in [1.54, 1.807) is 0 Å². The number of alkyl halides is 17. The average Bonchev–Trinajstić information content (AvgIpc) is 2.73. The van der Waals surface area contributed by atoms with Crippen molar-refractivity contribution in [3.8, 4) is 0 Å². The van der Waals surface area contributed by atoms with Crippen LogP contribution in [0.25, 0.3) is 0 Å². The second-order valence-electron chi connectivity index (χ2n) is 8.34. The highest BCUT2D eigenvalue weighted by molar-refractivity contribution is 5.15. The Kier molecular flexibility index (Phi) is 11.1. The summed E-state index contributed by atoms with van der Waals surface area (Å²) in [4.78, 5) is 0. The van der Waals surface area contributed by atoms with Crippen LogP contribution in [0.15, 0.2) is 0 Å². The van der Waals surface area contributed by atoms with Crippen LogP contribution in [-0.2, 0) is 0 Å². The van der Waals surface area contributed by atoms with Crippen molar-refractivity contribution >= 4 is 0 Å². The Bertz CT molecular complexity index is 714. The van der Waals surface area contributed by atoms with Crippen molar-refractivity contribution in [2.75, 3.05) is 0 Å². The van der Waals surface area contributed by atoms with Crippen molar-refractivity contribution < 1.29 is 79.7 Å². The van der Waals surface area contributed by atoms with Crippen LogP contribution in [-0.4, -0.2) is 58.8 Å². The summed E-state index contributed by atoms with van der Waals surface area (Å²) in [5, 5.41) is 7.60. The molecule has 37 heavy (non-hydrogen) atoms. The monoisotopic (exact) mass is 590 g/mol. The van der Waals surface area contributed by atoms with Crippen LogP contribution in [0, 0.1) is 0 Å². The molecule has 0 aromatic heterocycles. The van der Waals surface area contributed by atoms with Gasteiger partial charge in [0.05, 0.1) is 0 Å². The summed E-state index contributed by atoms with van der Waals surface area (Å²) in [6.45, 7) is 1.88. The molecule has 1 nitrogen and oxygen atoms in total. The molecule has 0 aromatic carbocycles. The molecule has 0 rings (SSSR count). The average molecular weight is 590 g/mol. The standard InChI is InChI=1S/C19H23F17O/c1-2-3-4-5-6-7-8-9-10-11(20)12(21,22)13(23,24)14(25,26)15(27,28)16(29,30)17(31,32)18(33,34)19(35,36)37/h11,37H,2-10H2,1H3. The van der Waals surface area contributed by atoms with Gasteiger partial charge in [-0.3, -0.25) is 0 Å². The van der Waals surface area contributed by atoms with Crippen molar-refractivity contribution in [2.24, 2.45) is 0 Å². The van der Waals surface area contributed by atoms with E-state index in [1.807, 2.05) is 6.92 Å². The molecule has 0 saturated heterocycles. The number of hydrogen-bond donors (Lipinski definition) is 1. The molecule has 0 radical (unpaired) electrons. The first-order valence-corrected chi connectivity index (χ1v) is 10.6. The maximum atomic E-state index is 13.8. The van der Waals surface area contributed by atoms with E-state index < -0.39 is 66.6 Å². The van der Waals surface area contributed by atoms with E-state index in [0.29, 0.717) is 12.8 Å². The molecule has 0 fully saturated rings. The predicted molar refractivity (Wildman–Crippen MR) is 93.9 cm³/mol. The van der Waals surface area contributed by atoms with Crippen molar-refractivity contribution in [1.82, 2.24) is 0 Å². The fourth-order valence-electron chi connectivity index (χ4n) is 3.02. The van der Waals surface area contributed by atoms with Crippen LogP contribution < -0.4 is 0 Å². The Morgan fingerprint density at radius 3 is 1.11 bits per heavy atom. The molecule has 0 spiro atoms. The molecule has 0 saturated carbocycles. The van der Waals surface area contributed by atoms with Crippen LogP contribution in [0.3, 0.4) is 0 Å². The predicted octanol–water partition coefficient (Wildman–Crippen LogP) is 8.89. The molecule has 0 heterocycles. The number of aliphatic hydroxyl groups is 1. The van der Waals surface area contributed by atoms with Gasteiger partial charge in [0, 0.05) is 0 Å². The van der Waals surface area contributed by atoms with Gasteiger partial charge in [-0.1, -0.05) is 58.3 Å². The zero-order valence-electron chi connectivity index (χ0n) is 18.8. The molecule has 18 heteroatoms. The smallest absolute Gasteiger partial charge is 0.331 e. The van der Waals surface area contributed by atoms with Gasteiger partial charge >= 0.3 is 47.6 Å². The van der Waals surface area contributed by atoms with Crippen molar-refractivity contribution in [1.29, 1.82) is 0 Å². The third-order valence-electron chi connectivity index (χ3n) is 5.47. The van der Waals surface area contributed by atoms with Gasteiger partial charge in [0.1, 0.15) is 0 Å². The molecule has 0 aromatic rings. The number of halogens is 17.